The molecule has 1 saturated heterocycles. The Morgan fingerprint density at radius 3 is 2.94 bits per heavy atom. The van der Waals surface area contributed by atoms with E-state index in [9.17, 15) is 9.59 Å². The SMILES string of the molecule is COC(=O)[C@H]1CCCCN1C(=O)c1cccs1. The Hall–Kier alpha value is -1.36. The maximum Gasteiger partial charge on any atom is 0.328 e. The molecule has 1 fully saturated rings. The normalized spacial score (nSPS) is 20.1. The lowest BCUT2D eigenvalue weighted by molar-refractivity contribution is -0.147. The summed E-state index contributed by atoms with van der Waals surface area (Å²) in [6.07, 6.45) is 2.61. The van der Waals surface area contributed by atoms with Gasteiger partial charge in [0.05, 0.1) is 12.0 Å². The van der Waals surface area contributed by atoms with E-state index < -0.39 is 6.04 Å². The van der Waals surface area contributed by atoms with Crippen molar-refractivity contribution in [3.63, 3.8) is 0 Å². The third kappa shape index (κ3) is 2.49. The van der Waals surface area contributed by atoms with Crippen molar-refractivity contribution in [2.24, 2.45) is 0 Å². The molecule has 0 aromatic carbocycles. The van der Waals surface area contributed by atoms with Crippen molar-refractivity contribution in [1.29, 1.82) is 0 Å². The van der Waals surface area contributed by atoms with Crippen molar-refractivity contribution in [1.82, 2.24) is 4.90 Å². The fourth-order valence-corrected chi connectivity index (χ4v) is 2.78. The van der Waals surface area contributed by atoms with Crippen LogP contribution in [-0.2, 0) is 9.53 Å². The second kappa shape index (κ2) is 5.31. The second-order valence-electron chi connectivity index (χ2n) is 4.01. The van der Waals surface area contributed by atoms with Crippen LogP contribution in [0, 0.1) is 0 Å². The number of methoxy groups -OCH3 is 1. The van der Waals surface area contributed by atoms with E-state index in [1.165, 1.54) is 18.4 Å². The van der Waals surface area contributed by atoms with Gasteiger partial charge in [-0.05, 0) is 30.7 Å². The average molecular weight is 253 g/mol. The fraction of sp³-hybridized carbons (Fsp3) is 0.500. The lowest BCUT2D eigenvalue weighted by Gasteiger charge is -2.33. The Morgan fingerprint density at radius 1 is 1.47 bits per heavy atom. The molecule has 0 aliphatic carbocycles. The van der Waals surface area contributed by atoms with Crippen molar-refractivity contribution < 1.29 is 14.3 Å². The van der Waals surface area contributed by atoms with Crippen LogP contribution in [0.4, 0.5) is 0 Å². The van der Waals surface area contributed by atoms with E-state index in [0.717, 1.165) is 12.8 Å². The standard InChI is InChI=1S/C12H15NO3S/c1-16-12(15)9-5-2-3-7-13(9)11(14)10-6-4-8-17-10/h4,6,8-9H,2-3,5,7H2,1H3/t9-/m1/s1. The first-order valence-electron chi connectivity index (χ1n) is 5.66. The summed E-state index contributed by atoms with van der Waals surface area (Å²) in [5.41, 5.74) is 0. The van der Waals surface area contributed by atoms with Gasteiger partial charge in [-0.2, -0.15) is 0 Å². The number of ether oxygens (including phenoxy) is 1. The smallest absolute Gasteiger partial charge is 0.328 e. The van der Waals surface area contributed by atoms with Crippen LogP contribution >= 0.6 is 11.3 Å². The summed E-state index contributed by atoms with van der Waals surface area (Å²) in [5.74, 6) is -0.371. The van der Waals surface area contributed by atoms with E-state index in [1.807, 2.05) is 11.4 Å². The summed E-state index contributed by atoms with van der Waals surface area (Å²) in [4.78, 5) is 26.2. The number of likely N-dealkylation sites (tertiary alicyclic amines) is 1. The molecule has 1 aliphatic heterocycles. The summed E-state index contributed by atoms with van der Waals surface area (Å²) in [5, 5.41) is 1.87. The monoisotopic (exact) mass is 253 g/mol. The zero-order valence-corrected chi connectivity index (χ0v) is 10.5. The number of rotatable bonds is 2. The highest BCUT2D eigenvalue weighted by atomic mass is 32.1. The minimum atomic E-state index is -0.414. The Bertz CT molecular complexity index is 402. The van der Waals surface area contributed by atoms with Crippen LogP contribution < -0.4 is 0 Å². The van der Waals surface area contributed by atoms with Crippen molar-refractivity contribution in [3.05, 3.63) is 22.4 Å². The van der Waals surface area contributed by atoms with E-state index in [0.29, 0.717) is 17.8 Å². The molecule has 1 aromatic rings. The number of hydrogen-bond donors (Lipinski definition) is 0. The molecule has 92 valence electrons. The van der Waals surface area contributed by atoms with Gasteiger partial charge in [0, 0.05) is 6.54 Å². The van der Waals surface area contributed by atoms with Crippen LogP contribution in [0.15, 0.2) is 17.5 Å². The molecular formula is C12H15NO3S. The van der Waals surface area contributed by atoms with Crippen LogP contribution in [0.3, 0.4) is 0 Å². The molecule has 4 nitrogen and oxygen atoms in total. The van der Waals surface area contributed by atoms with Crippen molar-refractivity contribution in [2.45, 2.75) is 25.3 Å². The molecule has 0 saturated carbocycles. The Morgan fingerprint density at radius 2 is 2.29 bits per heavy atom. The number of amides is 1. The fourth-order valence-electron chi connectivity index (χ4n) is 2.10. The molecule has 1 aromatic heterocycles. The number of carbonyl (C=O) groups is 2. The molecule has 1 atom stereocenters. The zero-order chi connectivity index (χ0) is 12.3. The average Bonchev–Trinajstić information content (AvgIpc) is 2.91. The molecule has 17 heavy (non-hydrogen) atoms. The van der Waals surface area contributed by atoms with Gasteiger partial charge in [0.25, 0.3) is 5.91 Å². The summed E-state index contributed by atoms with van der Waals surface area (Å²) in [7, 11) is 1.37. The molecule has 0 unspecified atom stereocenters. The Kier molecular flexibility index (Phi) is 3.78. The highest BCUT2D eigenvalue weighted by Crippen LogP contribution is 2.22. The van der Waals surface area contributed by atoms with Gasteiger partial charge < -0.3 is 9.64 Å². The van der Waals surface area contributed by atoms with Crippen molar-refractivity contribution in [3.8, 4) is 0 Å². The number of thiophene rings is 1. The first kappa shape index (κ1) is 12.1. The van der Waals surface area contributed by atoms with Crippen LogP contribution in [0.2, 0.25) is 0 Å². The maximum atomic E-state index is 12.2. The summed E-state index contributed by atoms with van der Waals surface area (Å²) < 4.78 is 4.76. The topological polar surface area (TPSA) is 46.6 Å². The number of hydrogen-bond acceptors (Lipinski definition) is 4. The van der Waals surface area contributed by atoms with Gasteiger partial charge in [0.15, 0.2) is 0 Å². The van der Waals surface area contributed by atoms with E-state index in [-0.39, 0.29) is 11.9 Å². The number of piperidine rings is 1. The van der Waals surface area contributed by atoms with Gasteiger partial charge in [-0.25, -0.2) is 4.79 Å². The van der Waals surface area contributed by atoms with Crippen molar-refractivity contribution in [2.75, 3.05) is 13.7 Å². The molecule has 0 bridgehead atoms. The van der Waals surface area contributed by atoms with Gasteiger partial charge in [0.2, 0.25) is 0 Å². The predicted octanol–water partition coefficient (Wildman–Crippen LogP) is 1.92. The highest BCUT2D eigenvalue weighted by molar-refractivity contribution is 7.12. The number of nitrogens with zero attached hydrogens (tertiary/aromatic N) is 1. The lowest BCUT2D eigenvalue weighted by Crippen LogP contribution is -2.48. The van der Waals surface area contributed by atoms with Gasteiger partial charge in [0.1, 0.15) is 6.04 Å². The summed E-state index contributed by atoms with van der Waals surface area (Å²) >= 11 is 1.40. The minimum Gasteiger partial charge on any atom is -0.467 e. The quantitative estimate of drug-likeness (QED) is 0.756. The third-order valence-corrected chi connectivity index (χ3v) is 3.83. The molecule has 1 amide bonds. The minimum absolute atomic E-state index is 0.0601. The van der Waals surface area contributed by atoms with Crippen LogP contribution in [0.25, 0.3) is 0 Å². The van der Waals surface area contributed by atoms with Gasteiger partial charge >= 0.3 is 5.97 Å². The van der Waals surface area contributed by atoms with Crippen molar-refractivity contribution >= 4 is 23.2 Å². The Balaban J connectivity index is 2.16. The molecule has 0 N–H and O–H groups in total. The van der Waals surface area contributed by atoms with E-state index in [4.69, 9.17) is 4.74 Å². The summed E-state index contributed by atoms with van der Waals surface area (Å²) in [6, 6.07) is 3.22. The first-order valence-corrected chi connectivity index (χ1v) is 6.54. The number of esters is 1. The predicted molar refractivity (Wildman–Crippen MR) is 65.0 cm³/mol. The molecule has 2 rings (SSSR count). The summed E-state index contributed by atoms with van der Waals surface area (Å²) in [6.45, 7) is 0.635. The zero-order valence-electron chi connectivity index (χ0n) is 9.72. The molecule has 0 radical (unpaired) electrons. The second-order valence-corrected chi connectivity index (χ2v) is 4.96. The molecule has 1 aliphatic rings. The van der Waals surface area contributed by atoms with E-state index in [1.54, 1.807) is 11.0 Å². The molecule has 0 spiro atoms. The maximum absolute atomic E-state index is 12.2. The van der Waals surface area contributed by atoms with Gasteiger partial charge in [-0.3, -0.25) is 4.79 Å². The highest BCUT2D eigenvalue weighted by Gasteiger charge is 2.33. The third-order valence-electron chi connectivity index (χ3n) is 2.97. The van der Waals surface area contributed by atoms with Crippen LogP contribution in [-0.4, -0.2) is 36.5 Å². The van der Waals surface area contributed by atoms with Gasteiger partial charge in [-0.15, -0.1) is 11.3 Å². The van der Waals surface area contributed by atoms with Gasteiger partial charge in [-0.1, -0.05) is 6.07 Å². The van der Waals surface area contributed by atoms with Crippen LogP contribution in [0.1, 0.15) is 28.9 Å². The molecular weight excluding hydrogens is 238 g/mol. The van der Waals surface area contributed by atoms with E-state index >= 15 is 0 Å². The lowest BCUT2D eigenvalue weighted by atomic mass is 10.0. The van der Waals surface area contributed by atoms with Crippen LogP contribution in [0.5, 0.6) is 0 Å². The Labute approximate surface area is 104 Å². The number of carbonyl (C=O) groups excluding carboxylic acids is 2. The van der Waals surface area contributed by atoms with E-state index in [2.05, 4.69) is 0 Å². The first-order chi connectivity index (χ1) is 8.24. The molecule has 2 heterocycles. The molecule has 5 heteroatoms. The largest absolute Gasteiger partial charge is 0.467 e.